The first-order valence-corrected chi connectivity index (χ1v) is 4.12. The number of ether oxygens (including phenoxy) is 1. The summed E-state index contributed by atoms with van der Waals surface area (Å²) in [6.45, 7) is 1.50. The molecule has 14 heavy (non-hydrogen) atoms. The van der Waals surface area contributed by atoms with Gasteiger partial charge in [0.05, 0.1) is 13.0 Å². The van der Waals surface area contributed by atoms with Crippen LogP contribution in [0.3, 0.4) is 0 Å². The van der Waals surface area contributed by atoms with Gasteiger partial charge in [-0.1, -0.05) is 6.07 Å². The standard InChI is InChI=1S/C10H11FO3/c1-6(10(12)13)7-3-4-9(14-2)8(11)5-7/h3-6H,1-2H3,(H,12,13). The van der Waals surface area contributed by atoms with Crippen LogP contribution in [0.15, 0.2) is 18.2 Å². The SMILES string of the molecule is COc1ccc(C(C)C(=O)O)cc1F. The van der Waals surface area contributed by atoms with Crippen molar-refractivity contribution in [1.82, 2.24) is 0 Å². The van der Waals surface area contributed by atoms with Crippen molar-refractivity contribution in [2.45, 2.75) is 12.8 Å². The van der Waals surface area contributed by atoms with Gasteiger partial charge < -0.3 is 9.84 Å². The largest absolute Gasteiger partial charge is 0.494 e. The number of carboxylic acids is 1. The third-order valence-electron chi connectivity index (χ3n) is 2.05. The summed E-state index contributed by atoms with van der Waals surface area (Å²) in [5.74, 6) is -2.12. The van der Waals surface area contributed by atoms with E-state index in [0.29, 0.717) is 5.56 Å². The van der Waals surface area contributed by atoms with E-state index < -0.39 is 17.7 Å². The molecular weight excluding hydrogens is 187 g/mol. The highest BCUT2D eigenvalue weighted by molar-refractivity contribution is 5.75. The molecule has 0 heterocycles. The zero-order chi connectivity index (χ0) is 10.7. The maximum absolute atomic E-state index is 13.2. The number of rotatable bonds is 3. The Labute approximate surface area is 81.1 Å². The molecule has 0 saturated carbocycles. The van der Waals surface area contributed by atoms with Crippen LogP contribution < -0.4 is 4.74 Å². The Morgan fingerprint density at radius 2 is 2.21 bits per heavy atom. The predicted molar refractivity (Wildman–Crippen MR) is 49.0 cm³/mol. The van der Waals surface area contributed by atoms with Gasteiger partial charge in [-0.15, -0.1) is 0 Å². The molecule has 0 aromatic heterocycles. The summed E-state index contributed by atoms with van der Waals surface area (Å²) >= 11 is 0. The monoisotopic (exact) mass is 198 g/mol. The minimum absolute atomic E-state index is 0.117. The van der Waals surface area contributed by atoms with E-state index in [2.05, 4.69) is 0 Å². The maximum atomic E-state index is 13.2. The molecule has 1 aromatic rings. The van der Waals surface area contributed by atoms with Crippen LogP contribution in [0.1, 0.15) is 18.4 Å². The summed E-state index contributed by atoms with van der Waals surface area (Å²) in [5, 5.41) is 8.70. The van der Waals surface area contributed by atoms with Gasteiger partial charge in [0.25, 0.3) is 0 Å². The second-order valence-corrected chi connectivity index (χ2v) is 2.95. The fourth-order valence-corrected chi connectivity index (χ4v) is 1.09. The fraction of sp³-hybridized carbons (Fsp3) is 0.300. The van der Waals surface area contributed by atoms with E-state index in [1.807, 2.05) is 0 Å². The maximum Gasteiger partial charge on any atom is 0.310 e. The van der Waals surface area contributed by atoms with Crippen molar-refractivity contribution in [3.63, 3.8) is 0 Å². The van der Waals surface area contributed by atoms with Crippen molar-refractivity contribution in [3.8, 4) is 5.75 Å². The van der Waals surface area contributed by atoms with Crippen LogP contribution in [0.5, 0.6) is 5.75 Å². The number of halogens is 1. The van der Waals surface area contributed by atoms with E-state index in [1.54, 1.807) is 6.07 Å². The Morgan fingerprint density at radius 1 is 1.57 bits per heavy atom. The Morgan fingerprint density at radius 3 is 2.64 bits per heavy atom. The summed E-state index contributed by atoms with van der Waals surface area (Å²) in [7, 11) is 1.36. The molecule has 0 spiro atoms. The van der Waals surface area contributed by atoms with Gasteiger partial charge in [-0.05, 0) is 24.6 Å². The molecular formula is C10H11FO3. The van der Waals surface area contributed by atoms with Gasteiger partial charge in [0.2, 0.25) is 0 Å². The van der Waals surface area contributed by atoms with E-state index in [0.717, 1.165) is 0 Å². The minimum Gasteiger partial charge on any atom is -0.494 e. The first-order chi connectivity index (χ1) is 6.56. The number of aliphatic carboxylic acids is 1. The molecule has 1 atom stereocenters. The van der Waals surface area contributed by atoms with Gasteiger partial charge in [-0.2, -0.15) is 0 Å². The lowest BCUT2D eigenvalue weighted by atomic mass is 10.0. The second-order valence-electron chi connectivity index (χ2n) is 2.95. The van der Waals surface area contributed by atoms with E-state index in [4.69, 9.17) is 9.84 Å². The van der Waals surface area contributed by atoms with Crippen LogP contribution in [-0.2, 0) is 4.79 Å². The molecule has 4 heteroatoms. The van der Waals surface area contributed by atoms with Gasteiger partial charge in [0, 0.05) is 0 Å². The summed E-state index contributed by atoms with van der Waals surface area (Å²) in [4.78, 5) is 10.6. The molecule has 1 rings (SSSR count). The molecule has 0 amide bonds. The van der Waals surface area contributed by atoms with Gasteiger partial charge in [-0.3, -0.25) is 4.79 Å². The van der Waals surface area contributed by atoms with Gasteiger partial charge in [0.15, 0.2) is 11.6 Å². The Balaban J connectivity index is 3.02. The molecule has 0 saturated heterocycles. The average molecular weight is 198 g/mol. The molecule has 3 nitrogen and oxygen atoms in total. The Hall–Kier alpha value is -1.58. The highest BCUT2D eigenvalue weighted by Crippen LogP contribution is 2.22. The van der Waals surface area contributed by atoms with Crippen molar-refractivity contribution in [2.75, 3.05) is 7.11 Å². The molecule has 0 aliphatic rings. The predicted octanol–water partition coefficient (Wildman–Crippen LogP) is 2.02. The topological polar surface area (TPSA) is 46.5 Å². The molecule has 0 fully saturated rings. The van der Waals surface area contributed by atoms with Crippen molar-refractivity contribution < 1.29 is 19.0 Å². The normalized spacial score (nSPS) is 12.2. The molecule has 0 aliphatic heterocycles. The molecule has 0 aliphatic carbocycles. The van der Waals surface area contributed by atoms with E-state index in [9.17, 15) is 9.18 Å². The molecule has 0 radical (unpaired) electrons. The number of carboxylic acid groups (broad SMARTS) is 1. The van der Waals surface area contributed by atoms with Crippen LogP contribution >= 0.6 is 0 Å². The number of methoxy groups -OCH3 is 1. The quantitative estimate of drug-likeness (QED) is 0.808. The zero-order valence-corrected chi connectivity index (χ0v) is 7.95. The summed E-state index contributed by atoms with van der Waals surface area (Å²) in [6, 6.07) is 4.14. The van der Waals surface area contributed by atoms with E-state index in [1.165, 1.54) is 26.2 Å². The molecule has 1 aromatic carbocycles. The average Bonchev–Trinajstić information content (AvgIpc) is 2.16. The third-order valence-corrected chi connectivity index (χ3v) is 2.05. The number of hydrogen-bond acceptors (Lipinski definition) is 2. The highest BCUT2D eigenvalue weighted by Gasteiger charge is 2.15. The smallest absolute Gasteiger partial charge is 0.310 e. The van der Waals surface area contributed by atoms with Crippen molar-refractivity contribution >= 4 is 5.97 Å². The van der Waals surface area contributed by atoms with E-state index >= 15 is 0 Å². The number of carbonyl (C=O) groups is 1. The first kappa shape index (κ1) is 10.5. The summed E-state index contributed by atoms with van der Waals surface area (Å²) < 4.78 is 17.9. The second kappa shape index (κ2) is 4.09. The molecule has 1 N–H and O–H groups in total. The van der Waals surface area contributed by atoms with E-state index in [-0.39, 0.29) is 5.75 Å². The highest BCUT2D eigenvalue weighted by atomic mass is 19.1. The fourth-order valence-electron chi connectivity index (χ4n) is 1.09. The number of hydrogen-bond donors (Lipinski definition) is 1. The van der Waals surface area contributed by atoms with Crippen LogP contribution in [0, 0.1) is 5.82 Å². The first-order valence-electron chi connectivity index (χ1n) is 4.12. The molecule has 1 unspecified atom stereocenters. The lowest BCUT2D eigenvalue weighted by Gasteiger charge is -2.08. The zero-order valence-electron chi connectivity index (χ0n) is 7.95. The Bertz CT molecular complexity index is 349. The minimum atomic E-state index is -0.977. The van der Waals surface area contributed by atoms with Crippen molar-refractivity contribution in [3.05, 3.63) is 29.6 Å². The summed E-state index contributed by atoms with van der Waals surface area (Å²) in [6.07, 6.45) is 0. The van der Waals surface area contributed by atoms with Crippen LogP contribution in [-0.4, -0.2) is 18.2 Å². The van der Waals surface area contributed by atoms with Crippen LogP contribution in [0.2, 0.25) is 0 Å². The van der Waals surface area contributed by atoms with Crippen molar-refractivity contribution in [1.29, 1.82) is 0 Å². The summed E-state index contributed by atoms with van der Waals surface area (Å²) in [5.41, 5.74) is 0.427. The Kier molecular flexibility index (Phi) is 3.06. The molecule has 76 valence electrons. The van der Waals surface area contributed by atoms with Crippen LogP contribution in [0.4, 0.5) is 4.39 Å². The molecule has 0 bridgehead atoms. The van der Waals surface area contributed by atoms with Crippen molar-refractivity contribution in [2.24, 2.45) is 0 Å². The number of benzene rings is 1. The van der Waals surface area contributed by atoms with Gasteiger partial charge in [0.1, 0.15) is 0 Å². The third kappa shape index (κ3) is 2.02. The van der Waals surface area contributed by atoms with Crippen LogP contribution in [0.25, 0.3) is 0 Å². The lowest BCUT2D eigenvalue weighted by molar-refractivity contribution is -0.138. The van der Waals surface area contributed by atoms with Gasteiger partial charge >= 0.3 is 5.97 Å². The lowest BCUT2D eigenvalue weighted by Crippen LogP contribution is -2.07. The van der Waals surface area contributed by atoms with Gasteiger partial charge in [-0.25, -0.2) is 4.39 Å².